The number of nitrogens with one attached hydrogen (secondary N) is 1. The third kappa shape index (κ3) is 3.91. The number of rotatable bonds is 8. The van der Waals surface area contributed by atoms with E-state index in [2.05, 4.69) is 29.5 Å². The molecule has 0 saturated carbocycles. The Balaban J connectivity index is 1.71. The van der Waals surface area contributed by atoms with Crippen LogP contribution in [-0.2, 0) is 22.3 Å². The van der Waals surface area contributed by atoms with Crippen LogP contribution in [0.1, 0.15) is 40.2 Å². The molecule has 1 N–H and O–H groups in total. The Hall–Kier alpha value is -2.18. The summed E-state index contributed by atoms with van der Waals surface area (Å²) in [5, 5.41) is 7.59. The van der Waals surface area contributed by atoms with Gasteiger partial charge in [-0.1, -0.05) is 18.2 Å². The van der Waals surface area contributed by atoms with Crippen LogP contribution in [0.3, 0.4) is 0 Å². The van der Waals surface area contributed by atoms with Gasteiger partial charge in [0.05, 0.1) is 12.3 Å². The third-order valence-corrected chi connectivity index (χ3v) is 4.44. The first kappa shape index (κ1) is 17.6. The Morgan fingerprint density at radius 2 is 2.16 bits per heavy atom. The maximum Gasteiger partial charge on any atom is 0.272 e. The summed E-state index contributed by atoms with van der Waals surface area (Å²) in [5.74, 6) is -0.0998. The van der Waals surface area contributed by atoms with E-state index in [0.717, 1.165) is 42.5 Å². The van der Waals surface area contributed by atoms with Gasteiger partial charge in [-0.2, -0.15) is 5.10 Å². The van der Waals surface area contributed by atoms with Crippen LogP contribution in [0.25, 0.3) is 5.69 Å². The molecule has 2 aromatic rings. The zero-order valence-electron chi connectivity index (χ0n) is 14.9. The van der Waals surface area contributed by atoms with Crippen molar-refractivity contribution in [3.8, 4) is 5.69 Å². The largest absolute Gasteiger partial charge is 0.359 e. The van der Waals surface area contributed by atoms with Crippen LogP contribution in [-0.4, -0.2) is 42.7 Å². The molecule has 3 rings (SSSR count). The lowest BCUT2D eigenvalue weighted by Gasteiger charge is -2.08. The SMILES string of the molecule is COCOCCCNC(=O)c1nn(-c2ccccc2C)c2c1CCC2. The first-order chi connectivity index (χ1) is 12.2. The standard InChI is InChI=1S/C19H25N3O3/c1-14-7-3-4-9-16(14)22-17-10-5-8-15(17)18(21-22)19(23)20-11-6-12-25-13-24-2/h3-4,7,9H,5-6,8,10-13H2,1-2H3,(H,20,23). The number of nitrogens with zero attached hydrogens (tertiary/aromatic N) is 2. The first-order valence-corrected chi connectivity index (χ1v) is 8.74. The maximum absolute atomic E-state index is 12.6. The lowest BCUT2D eigenvalue weighted by atomic mass is 10.2. The number of aryl methyl sites for hydroxylation is 1. The molecule has 1 aromatic heterocycles. The maximum atomic E-state index is 12.6. The van der Waals surface area contributed by atoms with Crippen molar-refractivity contribution in [1.29, 1.82) is 0 Å². The number of fused-ring (bicyclic) bond motifs is 1. The second kappa shape index (κ2) is 8.27. The number of hydrogen-bond donors (Lipinski definition) is 1. The summed E-state index contributed by atoms with van der Waals surface area (Å²) in [5.41, 5.74) is 5.03. The summed E-state index contributed by atoms with van der Waals surface area (Å²) in [7, 11) is 1.59. The first-order valence-electron chi connectivity index (χ1n) is 8.74. The van der Waals surface area contributed by atoms with Gasteiger partial charge in [0.2, 0.25) is 0 Å². The molecule has 0 bridgehead atoms. The van der Waals surface area contributed by atoms with Crippen LogP contribution in [0, 0.1) is 6.92 Å². The number of carbonyl (C=O) groups is 1. The summed E-state index contributed by atoms with van der Waals surface area (Å²) < 4.78 is 12.0. The van der Waals surface area contributed by atoms with E-state index in [-0.39, 0.29) is 12.7 Å². The highest BCUT2D eigenvalue weighted by Gasteiger charge is 2.27. The number of para-hydroxylation sites is 1. The van der Waals surface area contributed by atoms with Crippen molar-refractivity contribution < 1.29 is 14.3 Å². The van der Waals surface area contributed by atoms with E-state index in [9.17, 15) is 4.79 Å². The van der Waals surface area contributed by atoms with Gasteiger partial charge in [0, 0.05) is 24.9 Å². The molecule has 0 radical (unpaired) electrons. The Morgan fingerprint density at radius 3 is 2.96 bits per heavy atom. The molecule has 6 heteroatoms. The van der Waals surface area contributed by atoms with Gasteiger partial charge >= 0.3 is 0 Å². The molecule has 1 amide bonds. The van der Waals surface area contributed by atoms with E-state index in [1.54, 1.807) is 7.11 Å². The van der Waals surface area contributed by atoms with Gasteiger partial charge in [-0.05, 0) is 44.2 Å². The van der Waals surface area contributed by atoms with E-state index in [1.165, 1.54) is 5.69 Å². The highest BCUT2D eigenvalue weighted by atomic mass is 16.7. The predicted molar refractivity (Wildman–Crippen MR) is 95.1 cm³/mol. The number of ether oxygens (including phenoxy) is 2. The summed E-state index contributed by atoms with van der Waals surface area (Å²) >= 11 is 0. The molecule has 134 valence electrons. The number of aromatic nitrogens is 2. The second-order valence-corrected chi connectivity index (χ2v) is 6.25. The van der Waals surface area contributed by atoms with E-state index in [4.69, 9.17) is 9.47 Å². The van der Waals surface area contributed by atoms with E-state index >= 15 is 0 Å². The molecule has 0 spiro atoms. The van der Waals surface area contributed by atoms with Crippen molar-refractivity contribution in [3.05, 3.63) is 46.8 Å². The number of amides is 1. The predicted octanol–water partition coefficient (Wildman–Crippen LogP) is 2.41. The molecule has 0 fully saturated rings. The van der Waals surface area contributed by atoms with Gasteiger partial charge in [0.15, 0.2) is 5.69 Å². The number of methoxy groups -OCH3 is 1. The lowest BCUT2D eigenvalue weighted by molar-refractivity contribution is -0.0308. The van der Waals surface area contributed by atoms with Crippen LogP contribution >= 0.6 is 0 Å². The van der Waals surface area contributed by atoms with Crippen LogP contribution < -0.4 is 5.32 Å². The van der Waals surface area contributed by atoms with Crippen molar-refractivity contribution in [3.63, 3.8) is 0 Å². The highest BCUT2D eigenvalue weighted by molar-refractivity contribution is 5.94. The van der Waals surface area contributed by atoms with Crippen molar-refractivity contribution in [2.75, 3.05) is 27.1 Å². The molecule has 0 unspecified atom stereocenters. The summed E-state index contributed by atoms with van der Waals surface area (Å²) in [6.07, 6.45) is 3.70. The topological polar surface area (TPSA) is 65.4 Å². The molecule has 1 aliphatic carbocycles. The van der Waals surface area contributed by atoms with Gasteiger partial charge in [-0.3, -0.25) is 4.79 Å². The average molecular weight is 343 g/mol. The molecule has 0 aliphatic heterocycles. The molecule has 1 aliphatic rings. The summed E-state index contributed by atoms with van der Waals surface area (Å²) in [4.78, 5) is 12.6. The fourth-order valence-corrected chi connectivity index (χ4v) is 3.22. The zero-order chi connectivity index (χ0) is 17.6. The summed E-state index contributed by atoms with van der Waals surface area (Å²) in [6.45, 7) is 3.47. The molecule has 0 atom stereocenters. The quantitative estimate of drug-likeness (QED) is 0.590. The van der Waals surface area contributed by atoms with Crippen LogP contribution in [0.15, 0.2) is 24.3 Å². The normalized spacial score (nSPS) is 13.0. The van der Waals surface area contributed by atoms with Gasteiger partial charge < -0.3 is 14.8 Å². The number of benzene rings is 1. The van der Waals surface area contributed by atoms with Crippen LogP contribution in [0.4, 0.5) is 0 Å². The Labute approximate surface area is 148 Å². The van der Waals surface area contributed by atoms with Gasteiger partial charge in [0.25, 0.3) is 5.91 Å². The van der Waals surface area contributed by atoms with Crippen molar-refractivity contribution in [2.45, 2.75) is 32.6 Å². The Kier molecular flexibility index (Phi) is 5.83. The van der Waals surface area contributed by atoms with Crippen molar-refractivity contribution in [2.24, 2.45) is 0 Å². The molecule has 25 heavy (non-hydrogen) atoms. The Morgan fingerprint density at radius 1 is 1.32 bits per heavy atom. The van der Waals surface area contributed by atoms with Crippen molar-refractivity contribution in [1.82, 2.24) is 15.1 Å². The van der Waals surface area contributed by atoms with E-state index < -0.39 is 0 Å². The van der Waals surface area contributed by atoms with Crippen molar-refractivity contribution >= 4 is 5.91 Å². The average Bonchev–Trinajstić information content (AvgIpc) is 3.21. The molecule has 1 heterocycles. The van der Waals surface area contributed by atoms with Gasteiger partial charge in [0.1, 0.15) is 6.79 Å². The minimum Gasteiger partial charge on any atom is -0.359 e. The summed E-state index contributed by atoms with van der Waals surface area (Å²) in [6, 6.07) is 8.14. The number of hydrogen-bond acceptors (Lipinski definition) is 4. The fraction of sp³-hybridized carbons (Fsp3) is 0.474. The third-order valence-electron chi connectivity index (χ3n) is 4.44. The molecular weight excluding hydrogens is 318 g/mol. The fourth-order valence-electron chi connectivity index (χ4n) is 3.22. The smallest absolute Gasteiger partial charge is 0.272 e. The molecule has 6 nitrogen and oxygen atoms in total. The van der Waals surface area contributed by atoms with Crippen LogP contribution in [0.5, 0.6) is 0 Å². The Bertz CT molecular complexity index is 740. The van der Waals surface area contributed by atoms with E-state index in [1.807, 2.05) is 16.8 Å². The minimum atomic E-state index is -0.0998. The highest BCUT2D eigenvalue weighted by Crippen LogP contribution is 2.28. The monoisotopic (exact) mass is 343 g/mol. The minimum absolute atomic E-state index is 0.0998. The molecule has 0 saturated heterocycles. The lowest BCUT2D eigenvalue weighted by Crippen LogP contribution is -2.26. The van der Waals surface area contributed by atoms with Gasteiger partial charge in [-0.25, -0.2) is 4.68 Å². The van der Waals surface area contributed by atoms with Gasteiger partial charge in [-0.15, -0.1) is 0 Å². The zero-order valence-corrected chi connectivity index (χ0v) is 14.9. The molecular formula is C19H25N3O3. The van der Waals surface area contributed by atoms with E-state index in [0.29, 0.717) is 18.8 Å². The van der Waals surface area contributed by atoms with Crippen LogP contribution in [0.2, 0.25) is 0 Å². The second-order valence-electron chi connectivity index (χ2n) is 6.25. The molecule has 1 aromatic carbocycles. The number of carbonyl (C=O) groups excluding carboxylic acids is 1.